The van der Waals surface area contributed by atoms with Crippen LogP contribution in [0.3, 0.4) is 0 Å². The van der Waals surface area contributed by atoms with Gasteiger partial charge in [0, 0.05) is 10.8 Å². The molecule has 0 saturated heterocycles. The van der Waals surface area contributed by atoms with Gasteiger partial charge in [-0.2, -0.15) is 0 Å². The zero-order valence-electron chi connectivity index (χ0n) is 13.3. The maximum Gasteiger partial charge on any atom is 0.341 e. The molecule has 2 atom stereocenters. The van der Waals surface area contributed by atoms with Gasteiger partial charge < -0.3 is 14.6 Å². The van der Waals surface area contributed by atoms with Crippen LogP contribution in [0.4, 0.5) is 10.1 Å². The van der Waals surface area contributed by atoms with Crippen LogP contribution in [0.1, 0.15) is 33.8 Å². The van der Waals surface area contributed by atoms with Crippen molar-refractivity contribution in [3.63, 3.8) is 0 Å². The molecule has 1 heterocycles. The molecule has 0 bridgehead atoms. The molecule has 1 fully saturated rings. The first-order valence-electron chi connectivity index (χ1n) is 7.96. The largest absolute Gasteiger partial charge is 0.492 e. The molecule has 0 radical (unpaired) electrons. The quantitative estimate of drug-likeness (QED) is 0.754. The number of aromatic carboxylic acids is 1. The monoisotopic (exact) mass is 357 g/mol. The minimum Gasteiger partial charge on any atom is -0.492 e. The van der Waals surface area contributed by atoms with E-state index in [4.69, 9.17) is 4.74 Å². The molecule has 2 aromatic rings. The Morgan fingerprint density at radius 1 is 1.40 bits per heavy atom. The SMILES string of the molecule is C=Cc1cc(F)ccc1SNc1ccc2c(c1C(=O)O)OCC1CC21. The standard InChI is InChI=1S/C19H16FNO3S/c1-2-10-7-12(20)3-6-16(10)25-21-15-5-4-13-14-8-11(14)9-24-18(13)17(15)19(22)23/h2-7,11,14,21H,1,8-9H2,(H,22,23). The second kappa shape index (κ2) is 6.11. The molecule has 1 aliphatic heterocycles. The number of carboxylic acids is 1. The number of halogens is 1. The number of carboxylic acid groups (broad SMARTS) is 1. The van der Waals surface area contributed by atoms with Gasteiger partial charge in [-0.3, -0.25) is 0 Å². The van der Waals surface area contributed by atoms with Crippen LogP contribution < -0.4 is 9.46 Å². The number of hydrogen-bond acceptors (Lipinski definition) is 4. The molecule has 0 spiro atoms. The van der Waals surface area contributed by atoms with Crippen molar-refractivity contribution in [3.8, 4) is 5.75 Å². The van der Waals surface area contributed by atoms with Crippen LogP contribution in [-0.2, 0) is 0 Å². The molecule has 6 heteroatoms. The van der Waals surface area contributed by atoms with E-state index >= 15 is 0 Å². The minimum atomic E-state index is -1.03. The van der Waals surface area contributed by atoms with E-state index in [2.05, 4.69) is 11.3 Å². The molecule has 2 unspecified atom stereocenters. The zero-order chi connectivity index (χ0) is 17.6. The molecule has 1 aliphatic carbocycles. The van der Waals surface area contributed by atoms with Crippen molar-refractivity contribution in [1.29, 1.82) is 0 Å². The van der Waals surface area contributed by atoms with Gasteiger partial charge in [-0.05, 0) is 59.7 Å². The van der Waals surface area contributed by atoms with Gasteiger partial charge in [-0.1, -0.05) is 18.7 Å². The molecule has 2 N–H and O–H groups in total. The second-order valence-corrected chi connectivity index (χ2v) is 7.06. The second-order valence-electron chi connectivity index (χ2n) is 6.22. The third-order valence-electron chi connectivity index (χ3n) is 4.63. The van der Waals surface area contributed by atoms with Crippen molar-refractivity contribution in [2.24, 2.45) is 5.92 Å². The lowest BCUT2D eigenvalue weighted by Gasteiger charge is -2.21. The van der Waals surface area contributed by atoms with Gasteiger partial charge in [-0.25, -0.2) is 9.18 Å². The van der Waals surface area contributed by atoms with Gasteiger partial charge in [0.15, 0.2) is 0 Å². The van der Waals surface area contributed by atoms with E-state index in [1.165, 1.54) is 24.1 Å². The van der Waals surface area contributed by atoms with Gasteiger partial charge in [0.2, 0.25) is 0 Å². The average molecular weight is 357 g/mol. The Morgan fingerprint density at radius 3 is 3.00 bits per heavy atom. The molecule has 0 aromatic heterocycles. The lowest BCUT2D eigenvalue weighted by molar-refractivity contribution is 0.0692. The van der Waals surface area contributed by atoms with Gasteiger partial charge in [0.1, 0.15) is 17.1 Å². The van der Waals surface area contributed by atoms with Crippen LogP contribution in [-0.4, -0.2) is 17.7 Å². The Balaban J connectivity index is 1.65. The van der Waals surface area contributed by atoms with Crippen molar-refractivity contribution in [2.75, 3.05) is 11.3 Å². The molecule has 25 heavy (non-hydrogen) atoms. The first-order valence-corrected chi connectivity index (χ1v) is 8.78. The molecule has 2 aliphatic rings. The summed E-state index contributed by atoms with van der Waals surface area (Å²) in [5.74, 6) is 0.0540. The number of benzene rings is 2. The number of ether oxygens (including phenoxy) is 1. The fourth-order valence-corrected chi connectivity index (χ4v) is 4.01. The number of rotatable bonds is 5. The maximum atomic E-state index is 13.3. The Bertz CT molecular complexity index is 883. The van der Waals surface area contributed by atoms with Crippen LogP contribution >= 0.6 is 11.9 Å². The van der Waals surface area contributed by atoms with Crippen molar-refractivity contribution in [3.05, 3.63) is 59.4 Å². The van der Waals surface area contributed by atoms with Crippen molar-refractivity contribution < 1.29 is 19.0 Å². The van der Waals surface area contributed by atoms with Crippen LogP contribution in [0.2, 0.25) is 0 Å². The van der Waals surface area contributed by atoms with Crippen molar-refractivity contribution >= 4 is 29.7 Å². The number of hydrogen-bond donors (Lipinski definition) is 2. The number of anilines is 1. The highest BCUT2D eigenvalue weighted by molar-refractivity contribution is 8.00. The lowest BCUT2D eigenvalue weighted by Crippen LogP contribution is -2.14. The van der Waals surface area contributed by atoms with E-state index in [0.717, 1.165) is 16.9 Å². The summed E-state index contributed by atoms with van der Waals surface area (Å²) in [5.41, 5.74) is 2.24. The van der Waals surface area contributed by atoms with Gasteiger partial charge in [0.05, 0.1) is 12.3 Å². The summed E-state index contributed by atoms with van der Waals surface area (Å²) in [6.07, 6.45) is 2.63. The Kier molecular flexibility index (Phi) is 3.92. The summed E-state index contributed by atoms with van der Waals surface area (Å²) in [4.78, 5) is 12.6. The Morgan fingerprint density at radius 2 is 2.24 bits per heavy atom. The van der Waals surface area contributed by atoms with E-state index in [1.54, 1.807) is 18.2 Å². The van der Waals surface area contributed by atoms with Crippen LogP contribution in [0.15, 0.2) is 41.8 Å². The summed E-state index contributed by atoms with van der Waals surface area (Å²) in [6, 6.07) is 8.09. The van der Waals surface area contributed by atoms with E-state index in [-0.39, 0.29) is 11.4 Å². The molecular weight excluding hydrogens is 341 g/mol. The van der Waals surface area contributed by atoms with Gasteiger partial charge in [-0.15, -0.1) is 0 Å². The van der Waals surface area contributed by atoms with E-state index in [0.29, 0.717) is 35.4 Å². The highest BCUT2D eigenvalue weighted by Gasteiger charge is 2.45. The summed E-state index contributed by atoms with van der Waals surface area (Å²) in [5, 5.41) is 9.66. The Hall–Kier alpha value is -2.47. The van der Waals surface area contributed by atoms with E-state index in [1.807, 2.05) is 6.07 Å². The molecule has 128 valence electrons. The first kappa shape index (κ1) is 16.0. The molecule has 1 saturated carbocycles. The maximum absolute atomic E-state index is 13.3. The lowest BCUT2D eigenvalue weighted by atomic mass is 10.0. The van der Waals surface area contributed by atoms with Crippen molar-refractivity contribution in [1.82, 2.24) is 0 Å². The summed E-state index contributed by atoms with van der Waals surface area (Å²) in [6.45, 7) is 4.26. The van der Waals surface area contributed by atoms with Gasteiger partial charge >= 0.3 is 5.97 Å². The highest BCUT2D eigenvalue weighted by atomic mass is 32.2. The molecule has 0 amide bonds. The third kappa shape index (κ3) is 2.87. The van der Waals surface area contributed by atoms with Crippen LogP contribution in [0.25, 0.3) is 6.08 Å². The molecule has 4 nitrogen and oxygen atoms in total. The van der Waals surface area contributed by atoms with Crippen molar-refractivity contribution in [2.45, 2.75) is 17.2 Å². The third-order valence-corrected chi connectivity index (χ3v) is 5.54. The summed E-state index contributed by atoms with van der Waals surface area (Å²) < 4.78 is 22.1. The van der Waals surface area contributed by atoms with Crippen LogP contribution in [0.5, 0.6) is 5.75 Å². The predicted molar refractivity (Wildman–Crippen MR) is 95.7 cm³/mol. The highest BCUT2D eigenvalue weighted by Crippen LogP contribution is 2.55. The number of carbonyl (C=O) groups is 1. The fourth-order valence-electron chi connectivity index (χ4n) is 3.23. The Labute approximate surface area is 148 Å². The topological polar surface area (TPSA) is 58.6 Å². The van der Waals surface area contributed by atoms with Crippen LogP contribution in [0, 0.1) is 11.7 Å². The van der Waals surface area contributed by atoms with E-state index in [9.17, 15) is 14.3 Å². The smallest absolute Gasteiger partial charge is 0.341 e. The molecule has 2 aromatic carbocycles. The normalized spacial score (nSPS) is 20.0. The predicted octanol–water partition coefficient (Wildman–Crippen LogP) is 4.78. The first-order chi connectivity index (χ1) is 12.1. The minimum absolute atomic E-state index is 0.151. The zero-order valence-corrected chi connectivity index (χ0v) is 14.1. The average Bonchev–Trinajstić information content (AvgIpc) is 3.39. The molecular formula is C19H16FNO3S. The number of nitrogens with one attached hydrogen (secondary N) is 1. The van der Waals surface area contributed by atoms with E-state index < -0.39 is 5.97 Å². The fraction of sp³-hybridized carbons (Fsp3) is 0.211. The summed E-state index contributed by atoms with van der Waals surface area (Å²) in [7, 11) is 0. The summed E-state index contributed by atoms with van der Waals surface area (Å²) >= 11 is 1.22. The number of fused-ring (bicyclic) bond motifs is 3. The molecule has 4 rings (SSSR count). The van der Waals surface area contributed by atoms with Gasteiger partial charge in [0.25, 0.3) is 0 Å².